The van der Waals surface area contributed by atoms with Crippen molar-refractivity contribution in [2.24, 2.45) is 4.99 Å². The number of ether oxygens (including phenoxy) is 1. The second-order valence-corrected chi connectivity index (χ2v) is 8.94. The Labute approximate surface area is 179 Å². The minimum absolute atomic E-state index is 0.137. The van der Waals surface area contributed by atoms with E-state index in [9.17, 15) is 4.79 Å². The van der Waals surface area contributed by atoms with Crippen molar-refractivity contribution in [2.75, 3.05) is 7.11 Å². The van der Waals surface area contributed by atoms with Gasteiger partial charge in [0.1, 0.15) is 5.75 Å². The number of carbonyl (C=O) groups excluding carboxylic acids is 1. The van der Waals surface area contributed by atoms with Gasteiger partial charge in [-0.05, 0) is 86.8 Å². The van der Waals surface area contributed by atoms with Crippen LogP contribution in [0.2, 0.25) is 0 Å². The van der Waals surface area contributed by atoms with Crippen molar-refractivity contribution in [3.8, 4) is 5.75 Å². The number of amidine groups is 1. The number of hydrogen-bond acceptors (Lipinski definition) is 4. The Balaban J connectivity index is 1.78. The normalized spacial score (nSPS) is 16.9. The van der Waals surface area contributed by atoms with Gasteiger partial charge in [-0.2, -0.15) is 0 Å². The Morgan fingerprint density at radius 3 is 2.33 bits per heavy atom. The number of benzene rings is 2. The number of carbonyl (C=O) groups is 1. The van der Waals surface area contributed by atoms with E-state index in [2.05, 4.69) is 74.2 Å². The summed E-state index contributed by atoms with van der Waals surface area (Å²) in [7, 11) is 1.61. The zero-order valence-corrected chi connectivity index (χ0v) is 19.1. The lowest BCUT2D eigenvalue weighted by Gasteiger charge is -2.07. The molecule has 1 aliphatic rings. The quantitative estimate of drug-likeness (QED) is 0.546. The van der Waals surface area contributed by atoms with Gasteiger partial charge in [-0.25, -0.2) is 0 Å². The van der Waals surface area contributed by atoms with Crippen LogP contribution in [0.4, 0.5) is 0 Å². The van der Waals surface area contributed by atoms with Crippen LogP contribution in [0.1, 0.15) is 22.3 Å². The molecule has 27 heavy (non-hydrogen) atoms. The van der Waals surface area contributed by atoms with Gasteiger partial charge in [0.25, 0.3) is 5.91 Å². The highest BCUT2D eigenvalue weighted by Gasteiger charge is 2.23. The molecule has 0 bridgehead atoms. The van der Waals surface area contributed by atoms with E-state index in [0.29, 0.717) is 16.6 Å². The zero-order chi connectivity index (χ0) is 19.6. The molecule has 0 saturated carbocycles. The van der Waals surface area contributed by atoms with Gasteiger partial charge in [0.05, 0.1) is 27.5 Å². The van der Waals surface area contributed by atoms with Crippen LogP contribution in [-0.2, 0) is 11.3 Å². The molecular formula is C20H18Br2N2O2S. The van der Waals surface area contributed by atoms with E-state index in [1.165, 1.54) is 22.9 Å². The molecule has 0 aliphatic carbocycles. The number of aryl methyl sites for hydroxylation is 2. The second-order valence-electron chi connectivity index (χ2n) is 6.20. The van der Waals surface area contributed by atoms with Crippen LogP contribution in [0.15, 0.2) is 49.2 Å². The first-order valence-electron chi connectivity index (χ1n) is 8.21. The van der Waals surface area contributed by atoms with E-state index < -0.39 is 0 Å². The highest BCUT2D eigenvalue weighted by molar-refractivity contribution is 9.11. The first kappa shape index (κ1) is 20.2. The lowest BCUT2D eigenvalue weighted by molar-refractivity contribution is -0.115. The van der Waals surface area contributed by atoms with Crippen LogP contribution < -0.4 is 10.1 Å². The van der Waals surface area contributed by atoms with Gasteiger partial charge in [-0.15, -0.1) is 0 Å². The summed E-state index contributed by atoms with van der Waals surface area (Å²) in [5, 5.41) is 3.46. The molecule has 0 aromatic heterocycles. The van der Waals surface area contributed by atoms with Crippen molar-refractivity contribution >= 4 is 60.8 Å². The molecule has 1 heterocycles. The number of amides is 1. The fourth-order valence-electron chi connectivity index (χ4n) is 2.83. The van der Waals surface area contributed by atoms with Crippen molar-refractivity contribution in [1.82, 2.24) is 5.32 Å². The number of thioether (sulfide) groups is 1. The molecule has 2 aromatic rings. The Morgan fingerprint density at radius 2 is 1.74 bits per heavy atom. The molecule has 0 spiro atoms. The second kappa shape index (κ2) is 8.63. The minimum Gasteiger partial charge on any atom is -0.494 e. The lowest BCUT2D eigenvalue weighted by Crippen LogP contribution is -2.19. The number of hydrogen-bond donors (Lipinski definition) is 1. The van der Waals surface area contributed by atoms with Crippen LogP contribution >= 0.6 is 43.6 Å². The first-order chi connectivity index (χ1) is 12.9. The number of nitrogens with zero attached hydrogens (tertiary/aromatic N) is 1. The lowest BCUT2D eigenvalue weighted by atomic mass is 10.1. The van der Waals surface area contributed by atoms with Crippen LogP contribution in [0.5, 0.6) is 5.75 Å². The molecule has 1 fully saturated rings. The zero-order valence-electron chi connectivity index (χ0n) is 15.1. The topological polar surface area (TPSA) is 50.7 Å². The van der Waals surface area contributed by atoms with Crippen LogP contribution in [0, 0.1) is 13.8 Å². The molecule has 7 heteroatoms. The molecule has 0 radical (unpaired) electrons. The molecule has 1 aliphatic heterocycles. The fourth-order valence-corrected chi connectivity index (χ4v) is 5.20. The van der Waals surface area contributed by atoms with Crippen molar-refractivity contribution in [2.45, 2.75) is 20.4 Å². The Morgan fingerprint density at radius 1 is 1.11 bits per heavy atom. The molecular weight excluding hydrogens is 492 g/mol. The Bertz CT molecular complexity index is 927. The summed E-state index contributed by atoms with van der Waals surface area (Å²) in [6, 6.07) is 10.2. The SMILES string of the molecule is COc1c(Br)cc(/C=C2\SC(=NCc3cc(C)cc(C)c3)NC2=O)cc1Br. The third-order valence-corrected chi connectivity index (χ3v) is 5.99. The number of rotatable bonds is 4. The van der Waals surface area contributed by atoms with E-state index in [4.69, 9.17) is 4.74 Å². The smallest absolute Gasteiger partial charge is 0.264 e. The molecule has 1 amide bonds. The molecule has 1 saturated heterocycles. The number of methoxy groups -OCH3 is 1. The monoisotopic (exact) mass is 508 g/mol. The van der Waals surface area contributed by atoms with Crippen LogP contribution in [0.3, 0.4) is 0 Å². The standard InChI is InChI=1S/C20H18Br2N2O2S/c1-11-4-12(2)6-14(5-11)10-23-20-24-19(25)17(27-20)9-13-7-15(21)18(26-3)16(22)8-13/h4-9H,10H2,1-3H3,(H,23,24,25)/b17-9-. The molecule has 2 aromatic carbocycles. The molecule has 0 unspecified atom stereocenters. The minimum atomic E-state index is -0.137. The van der Waals surface area contributed by atoms with Crippen molar-refractivity contribution in [3.05, 3.63) is 66.4 Å². The van der Waals surface area contributed by atoms with Gasteiger partial charge in [-0.3, -0.25) is 9.79 Å². The Kier molecular flexibility index (Phi) is 6.44. The number of aliphatic imine (C=N–C) groups is 1. The van der Waals surface area contributed by atoms with Gasteiger partial charge in [0, 0.05) is 0 Å². The highest BCUT2D eigenvalue weighted by atomic mass is 79.9. The van der Waals surface area contributed by atoms with Gasteiger partial charge < -0.3 is 10.1 Å². The molecule has 4 nitrogen and oxygen atoms in total. The van der Waals surface area contributed by atoms with Crippen LogP contribution in [0.25, 0.3) is 6.08 Å². The van der Waals surface area contributed by atoms with E-state index in [-0.39, 0.29) is 5.91 Å². The third-order valence-electron chi connectivity index (χ3n) is 3.86. The summed E-state index contributed by atoms with van der Waals surface area (Å²) in [5.74, 6) is 0.582. The Hall–Kier alpha value is -1.57. The maximum Gasteiger partial charge on any atom is 0.264 e. The fraction of sp³-hybridized carbons (Fsp3) is 0.200. The van der Waals surface area contributed by atoms with E-state index in [1.807, 2.05) is 18.2 Å². The average molecular weight is 510 g/mol. The maximum atomic E-state index is 12.3. The van der Waals surface area contributed by atoms with E-state index in [0.717, 1.165) is 25.8 Å². The van der Waals surface area contributed by atoms with Gasteiger partial charge in [-0.1, -0.05) is 29.3 Å². The van der Waals surface area contributed by atoms with Crippen molar-refractivity contribution in [3.63, 3.8) is 0 Å². The number of halogens is 2. The molecule has 3 rings (SSSR count). The largest absolute Gasteiger partial charge is 0.494 e. The summed E-state index contributed by atoms with van der Waals surface area (Å²) < 4.78 is 6.95. The van der Waals surface area contributed by atoms with Gasteiger partial charge in [0.15, 0.2) is 5.17 Å². The van der Waals surface area contributed by atoms with E-state index in [1.54, 1.807) is 7.11 Å². The van der Waals surface area contributed by atoms with Crippen LogP contribution in [-0.4, -0.2) is 18.2 Å². The highest BCUT2D eigenvalue weighted by Crippen LogP contribution is 2.36. The third kappa shape index (κ3) is 5.03. The summed E-state index contributed by atoms with van der Waals surface area (Å²) in [5.41, 5.74) is 4.45. The average Bonchev–Trinajstić information content (AvgIpc) is 2.92. The van der Waals surface area contributed by atoms with Gasteiger partial charge in [0.2, 0.25) is 0 Å². The molecule has 1 N–H and O–H groups in total. The summed E-state index contributed by atoms with van der Waals surface area (Å²) in [6.45, 7) is 4.68. The summed E-state index contributed by atoms with van der Waals surface area (Å²) >= 11 is 8.31. The summed E-state index contributed by atoms with van der Waals surface area (Å²) in [6.07, 6.45) is 1.84. The summed E-state index contributed by atoms with van der Waals surface area (Å²) in [4.78, 5) is 17.4. The van der Waals surface area contributed by atoms with E-state index >= 15 is 0 Å². The molecule has 0 atom stereocenters. The van der Waals surface area contributed by atoms with Crippen molar-refractivity contribution < 1.29 is 9.53 Å². The predicted octanol–water partition coefficient (Wildman–Crippen LogP) is 5.60. The van der Waals surface area contributed by atoms with Gasteiger partial charge >= 0.3 is 0 Å². The van der Waals surface area contributed by atoms with Crippen molar-refractivity contribution in [1.29, 1.82) is 0 Å². The first-order valence-corrected chi connectivity index (χ1v) is 10.6. The number of nitrogens with one attached hydrogen (secondary N) is 1. The predicted molar refractivity (Wildman–Crippen MR) is 119 cm³/mol. The molecule has 140 valence electrons. The maximum absolute atomic E-state index is 12.3.